The molecule has 3 aromatic rings. The monoisotopic (exact) mass is 359 g/mol. The lowest BCUT2D eigenvalue weighted by atomic mass is 10.2. The van der Waals surface area contributed by atoms with Crippen LogP contribution in [-0.4, -0.2) is 31.1 Å². The molecule has 0 fully saturated rings. The first-order valence-electron chi connectivity index (χ1n) is 7.54. The van der Waals surface area contributed by atoms with Crippen molar-refractivity contribution in [3.63, 3.8) is 0 Å². The topological polar surface area (TPSA) is 101 Å². The van der Waals surface area contributed by atoms with Crippen LogP contribution in [0, 0.1) is 13.8 Å². The van der Waals surface area contributed by atoms with Gasteiger partial charge in [-0.15, -0.1) is 0 Å². The van der Waals surface area contributed by atoms with Crippen LogP contribution < -0.4 is 9.46 Å². The molecule has 25 heavy (non-hydrogen) atoms. The minimum Gasteiger partial charge on any atom is -0.484 e. The standard InChI is InChI=1S/C17H17N3O4S/c1-11-3-6-16(12(2)7-11)25(22,23)20-17(21)10-24-14-4-5-15-13(8-14)9-18-19-15/h3-9H,10H2,1-2H3,(H,18,19)(H,20,21). The van der Waals surface area contributed by atoms with Gasteiger partial charge in [0.05, 0.1) is 16.6 Å². The fourth-order valence-electron chi connectivity index (χ4n) is 2.49. The molecule has 0 aliphatic rings. The zero-order valence-electron chi connectivity index (χ0n) is 13.7. The van der Waals surface area contributed by atoms with Crippen molar-refractivity contribution in [3.8, 4) is 5.75 Å². The van der Waals surface area contributed by atoms with Gasteiger partial charge in [0.2, 0.25) is 0 Å². The molecule has 130 valence electrons. The fraction of sp³-hybridized carbons (Fsp3) is 0.176. The van der Waals surface area contributed by atoms with Crippen LogP contribution >= 0.6 is 0 Å². The average molecular weight is 359 g/mol. The summed E-state index contributed by atoms with van der Waals surface area (Å²) < 4.78 is 32.0. The van der Waals surface area contributed by atoms with E-state index >= 15 is 0 Å². The molecule has 1 heterocycles. The molecule has 0 radical (unpaired) electrons. The van der Waals surface area contributed by atoms with Crippen LogP contribution in [0.1, 0.15) is 11.1 Å². The van der Waals surface area contributed by atoms with Crippen LogP contribution in [0.5, 0.6) is 5.75 Å². The van der Waals surface area contributed by atoms with Gasteiger partial charge in [-0.05, 0) is 43.7 Å². The third-order valence-electron chi connectivity index (χ3n) is 3.65. The van der Waals surface area contributed by atoms with Crippen LogP contribution in [0.2, 0.25) is 0 Å². The first-order valence-corrected chi connectivity index (χ1v) is 9.02. The quantitative estimate of drug-likeness (QED) is 0.726. The molecular weight excluding hydrogens is 342 g/mol. The fourth-order valence-corrected chi connectivity index (χ4v) is 3.69. The van der Waals surface area contributed by atoms with Crippen LogP contribution in [0.25, 0.3) is 10.9 Å². The lowest BCUT2D eigenvalue weighted by molar-refractivity contribution is -0.121. The predicted molar refractivity (Wildman–Crippen MR) is 92.8 cm³/mol. The zero-order chi connectivity index (χ0) is 18.0. The number of nitrogens with one attached hydrogen (secondary N) is 2. The van der Waals surface area contributed by atoms with Crippen molar-refractivity contribution in [1.82, 2.24) is 14.9 Å². The molecule has 0 atom stereocenters. The van der Waals surface area contributed by atoms with Crippen molar-refractivity contribution < 1.29 is 17.9 Å². The Kier molecular flexibility index (Phi) is 4.45. The van der Waals surface area contributed by atoms with Crippen molar-refractivity contribution in [2.75, 3.05) is 6.61 Å². The van der Waals surface area contributed by atoms with E-state index in [1.807, 2.05) is 11.6 Å². The Morgan fingerprint density at radius 1 is 1.20 bits per heavy atom. The van der Waals surface area contributed by atoms with Crippen molar-refractivity contribution in [2.24, 2.45) is 0 Å². The van der Waals surface area contributed by atoms with Crippen molar-refractivity contribution >= 4 is 26.8 Å². The summed E-state index contributed by atoms with van der Waals surface area (Å²) in [5.74, 6) is -0.291. The smallest absolute Gasteiger partial charge is 0.271 e. The lowest BCUT2D eigenvalue weighted by Crippen LogP contribution is -2.34. The van der Waals surface area contributed by atoms with Crippen molar-refractivity contribution in [1.29, 1.82) is 0 Å². The van der Waals surface area contributed by atoms with Gasteiger partial charge in [-0.25, -0.2) is 13.1 Å². The number of nitrogens with zero attached hydrogens (tertiary/aromatic N) is 1. The van der Waals surface area contributed by atoms with Gasteiger partial charge >= 0.3 is 0 Å². The maximum Gasteiger partial charge on any atom is 0.271 e. The summed E-state index contributed by atoms with van der Waals surface area (Å²) in [6.45, 7) is 3.14. The number of H-pyrrole nitrogens is 1. The molecule has 1 amide bonds. The van der Waals surface area contributed by atoms with Gasteiger partial charge in [-0.3, -0.25) is 9.89 Å². The SMILES string of the molecule is Cc1ccc(S(=O)(=O)NC(=O)COc2ccc3[nH]ncc3c2)c(C)c1. The number of hydrogen-bond donors (Lipinski definition) is 2. The maximum atomic E-state index is 12.3. The molecule has 0 saturated heterocycles. The molecule has 0 aliphatic heterocycles. The lowest BCUT2D eigenvalue weighted by Gasteiger charge is -2.11. The highest BCUT2D eigenvalue weighted by atomic mass is 32.2. The Morgan fingerprint density at radius 2 is 2.00 bits per heavy atom. The molecule has 0 unspecified atom stereocenters. The number of sulfonamides is 1. The van der Waals surface area contributed by atoms with Crippen LogP contribution in [-0.2, 0) is 14.8 Å². The molecule has 2 N–H and O–H groups in total. The van der Waals surface area contributed by atoms with E-state index in [0.29, 0.717) is 11.3 Å². The normalized spacial score (nSPS) is 11.4. The molecule has 0 bridgehead atoms. The van der Waals surface area contributed by atoms with E-state index in [-0.39, 0.29) is 4.90 Å². The molecule has 0 spiro atoms. The first-order chi connectivity index (χ1) is 11.8. The predicted octanol–water partition coefficient (Wildman–Crippen LogP) is 2.06. The number of hydrogen-bond acceptors (Lipinski definition) is 5. The number of benzene rings is 2. The molecular formula is C17H17N3O4S. The van der Waals surface area contributed by atoms with Crippen LogP contribution in [0.3, 0.4) is 0 Å². The number of carbonyl (C=O) groups is 1. The van der Waals surface area contributed by atoms with E-state index in [1.165, 1.54) is 6.07 Å². The summed E-state index contributed by atoms with van der Waals surface area (Å²) >= 11 is 0. The third-order valence-corrected chi connectivity index (χ3v) is 5.18. The number of aromatic amines is 1. The molecule has 0 aliphatic carbocycles. The molecule has 2 aromatic carbocycles. The van der Waals surface area contributed by atoms with E-state index in [2.05, 4.69) is 10.2 Å². The molecule has 8 heteroatoms. The van der Waals surface area contributed by atoms with Crippen molar-refractivity contribution in [2.45, 2.75) is 18.7 Å². The Bertz CT molecular complexity index is 1040. The van der Waals surface area contributed by atoms with Gasteiger partial charge in [0.25, 0.3) is 15.9 Å². The highest BCUT2D eigenvalue weighted by Gasteiger charge is 2.20. The Labute approximate surface area is 145 Å². The van der Waals surface area contributed by atoms with Gasteiger partial charge in [0.1, 0.15) is 5.75 Å². The number of amides is 1. The number of carbonyl (C=O) groups excluding carboxylic acids is 1. The van der Waals surface area contributed by atoms with Crippen LogP contribution in [0.4, 0.5) is 0 Å². The minimum atomic E-state index is -3.93. The maximum absolute atomic E-state index is 12.3. The molecule has 7 nitrogen and oxygen atoms in total. The zero-order valence-corrected chi connectivity index (χ0v) is 14.6. The third kappa shape index (κ3) is 3.80. The second-order valence-electron chi connectivity index (χ2n) is 5.71. The van der Waals surface area contributed by atoms with Gasteiger partial charge < -0.3 is 4.74 Å². The van der Waals surface area contributed by atoms with E-state index in [9.17, 15) is 13.2 Å². The summed E-state index contributed by atoms with van der Waals surface area (Å²) in [5.41, 5.74) is 2.36. The number of aromatic nitrogens is 2. The highest BCUT2D eigenvalue weighted by molar-refractivity contribution is 7.90. The van der Waals surface area contributed by atoms with Crippen molar-refractivity contribution in [3.05, 3.63) is 53.7 Å². The Hall–Kier alpha value is -2.87. The molecule has 1 aromatic heterocycles. The van der Waals surface area contributed by atoms with Gasteiger partial charge in [-0.1, -0.05) is 17.7 Å². The van der Waals surface area contributed by atoms with Crippen LogP contribution in [0.15, 0.2) is 47.5 Å². The first kappa shape index (κ1) is 17.0. The van der Waals surface area contributed by atoms with E-state index in [0.717, 1.165) is 16.5 Å². The van der Waals surface area contributed by atoms with E-state index < -0.39 is 22.5 Å². The Morgan fingerprint density at radius 3 is 2.76 bits per heavy atom. The molecule has 3 rings (SSSR count). The second kappa shape index (κ2) is 6.56. The second-order valence-corrected chi connectivity index (χ2v) is 7.36. The molecule has 0 saturated carbocycles. The Balaban J connectivity index is 1.66. The summed E-state index contributed by atoms with van der Waals surface area (Å²) in [7, 11) is -3.93. The van der Waals surface area contributed by atoms with E-state index in [1.54, 1.807) is 43.5 Å². The van der Waals surface area contributed by atoms with Gasteiger partial charge in [0, 0.05) is 5.39 Å². The summed E-state index contributed by atoms with van der Waals surface area (Å²) in [4.78, 5) is 12.0. The number of rotatable bonds is 5. The summed E-state index contributed by atoms with van der Waals surface area (Å²) in [5, 5.41) is 7.53. The minimum absolute atomic E-state index is 0.0752. The number of fused-ring (bicyclic) bond motifs is 1. The highest BCUT2D eigenvalue weighted by Crippen LogP contribution is 2.19. The van der Waals surface area contributed by atoms with Gasteiger partial charge in [0.15, 0.2) is 6.61 Å². The number of ether oxygens (including phenoxy) is 1. The average Bonchev–Trinajstić information content (AvgIpc) is 2.99. The van der Waals surface area contributed by atoms with E-state index in [4.69, 9.17) is 4.74 Å². The van der Waals surface area contributed by atoms with Gasteiger partial charge in [-0.2, -0.15) is 5.10 Å². The number of aryl methyl sites for hydroxylation is 2. The summed E-state index contributed by atoms with van der Waals surface area (Å²) in [6, 6.07) is 10.1. The summed E-state index contributed by atoms with van der Waals surface area (Å²) in [6.07, 6.45) is 1.63. The largest absolute Gasteiger partial charge is 0.484 e.